The molecule has 0 radical (unpaired) electrons. The van der Waals surface area contributed by atoms with E-state index in [1.165, 1.54) is 27.9 Å². The zero-order valence-corrected chi connectivity index (χ0v) is 13.4. The van der Waals surface area contributed by atoms with E-state index in [-0.39, 0.29) is 12.2 Å². The summed E-state index contributed by atoms with van der Waals surface area (Å²) < 4.78 is 6.54. The average Bonchev–Trinajstić information content (AvgIpc) is 3.01. The highest BCUT2D eigenvalue weighted by atomic mass is 35.5. The SMILES string of the molecule is O=C(C=Cc1ccc(Cl)cc1)OCc1cc(=O)n2ccsc2n1. The molecule has 0 atom stereocenters. The van der Waals surface area contributed by atoms with Gasteiger partial charge in [-0.1, -0.05) is 23.7 Å². The predicted molar refractivity (Wildman–Crippen MR) is 89.6 cm³/mol. The number of aromatic nitrogens is 2. The Morgan fingerprint density at radius 2 is 2.13 bits per heavy atom. The summed E-state index contributed by atoms with van der Waals surface area (Å²) in [6.45, 7) is -0.0482. The van der Waals surface area contributed by atoms with Crippen LogP contribution in [0.25, 0.3) is 11.0 Å². The van der Waals surface area contributed by atoms with Crippen molar-refractivity contribution >= 4 is 39.9 Å². The third-order valence-electron chi connectivity index (χ3n) is 3.00. The number of carbonyl (C=O) groups excluding carboxylic acids is 1. The first kappa shape index (κ1) is 15.5. The average molecular weight is 347 g/mol. The lowest BCUT2D eigenvalue weighted by Crippen LogP contribution is -2.14. The van der Waals surface area contributed by atoms with E-state index in [4.69, 9.17) is 16.3 Å². The van der Waals surface area contributed by atoms with Crippen LogP contribution in [0.3, 0.4) is 0 Å². The second kappa shape index (κ2) is 6.76. The number of rotatable bonds is 4. The van der Waals surface area contributed by atoms with E-state index < -0.39 is 5.97 Å². The van der Waals surface area contributed by atoms with E-state index in [0.29, 0.717) is 15.7 Å². The van der Waals surface area contributed by atoms with Crippen LogP contribution in [-0.4, -0.2) is 15.4 Å². The minimum Gasteiger partial charge on any atom is -0.456 e. The summed E-state index contributed by atoms with van der Waals surface area (Å²) in [5.41, 5.74) is 1.06. The molecule has 116 valence electrons. The molecule has 5 nitrogen and oxygen atoms in total. The molecule has 0 fully saturated rings. The van der Waals surface area contributed by atoms with Gasteiger partial charge < -0.3 is 4.74 Å². The largest absolute Gasteiger partial charge is 0.456 e. The fourth-order valence-corrected chi connectivity index (χ4v) is 2.76. The molecule has 0 amide bonds. The van der Waals surface area contributed by atoms with Crippen LogP contribution in [-0.2, 0) is 16.1 Å². The van der Waals surface area contributed by atoms with E-state index in [0.717, 1.165) is 5.56 Å². The summed E-state index contributed by atoms with van der Waals surface area (Å²) in [5.74, 6) is -0.506. The molecule has 0 aliphatic heterocycles. The molecule has 0 aliphatic rings. The van der Waals surface area contributed by atoms with E-state index in [9.17, 15) is 9.59 Å². The fraction of sp³-hybridized carbons (Fsp3) is 0.0625. The van der Waals surface area contributed by atoms with E-state index in [1.807, 2.05) is 0 Å². The van der Waals surface area contributed by atoms with Crippen molar-refractivity contribution in [1.82, 2.24) is 9.38 Å². The second-order valence-electron chi connectivity index (χ2n) is 4.63. The molecule has 3 rings (SSSR count). The van der Waals surface area contributed by atoms with Gasteiger partial charge in [-0.2, -0.15) is 0 Å². The Balaban J connectivity index is 1.63. The van der Waals surface area contributed by atoms with Crippen LogP contribution in [0, 0.1) is 0 Å². The molecule has 1 aromatic carbocycles. The molecular weight excluding hydrogens is 336 g/mol. The summed E-state index contributed by atoms with van der Waals surface area (Å²) in [5, 5.41) is 2.40. The fourth-order valence-electron chi connectivity index (χ4n) is 1.89. The Bertz CT molecular complexity index is 928. The smallest absolute Gasteiger partial charge is 0.331 e. The highest BCUT2D eigenvalue weighted by Gasteiger charge is 2.05. The summed E-state index contributed by atoms with van der Waals surface area (Å²) >= 11 is 7.13. The number of carbonyl (C=O) groups is 1. The Morgan fingerprint density at radius 1 is 1.35 bits per heavy atom. The Labute approximate surface area is 140 Å². The molecule has 3 aromatic rings. The highest BCUT2D eigenvalue weighted by Crippen LogP contribution is 2.11. The first-order valence-electron chi connectivity index (χ1n) is 6.68. The number of ether oxygens (including phenoxy) is 1. The van der Waals surface area contributed by atoms with Gasteiger partial charge in [-0.3, -0.25) is 9.20 Å². The Kier molecular flexibility index (Phi) is 4.55. The van der Waals surface area contributed by atoms with Gasteiger partial charge in [0.05, 0.1) is 5.69 Å². The van der Waals surface area contributed by atoms with Crippen molar-refractivity contribution in [2.45, 2.75) is 6.61 Å². The summed E-state index contributed by atoms with van der Waals surface area (Å²) in [7, 11) is 0. The van der Waals surface area contributed by atoms with E-state index >= 15 is 0 Å². The third kappa shape index (κ3) is 3.85. The van der Waals surface area contributed by atoms with Crippen LogP contribution >= 0.6 is 22.9 Å². The number of thiazole rings is 1. The van der Waals surface area contributed by atoms with Gasteiger partial charge in [0, 0.05) is 28.7 Å². The van der Waals surface area contributed by atoms with Crippen LogP contribution in [0.2, 0.25) is 5.02 Å². The molecule has 0 bridgehead atoms. The molecule has 0 N–H and O–H groups in total. The molecule has 0 saturated heterocycles. The molecular formula is C16H11ClN2O3S. The third-order valence-corrected chi connectivity index (χ3v) is 4.01. The molecule has 0 saturated carbocycles. The summed E-state index contributed by atoms with van der Waals surface area (Å²) in [6.07, 6.45) is 4.60. The lowest BCUT2D eigenvalue weighted by atomic mass is 10.2. The lowest BCUT2D eigenvalue weighted by Gasteiger charge is -2.02. The van der Waals surface area contributed by atoms with Crippen LogP contribution in [0.4, 0.5) is 0 Å². The van der Waals surface area contributed by atoms with E-state index in [2.05, 4.69) is 4.98 Å². The number of hydrogen-bond acceptors (Lipinski definition) is 5. The van der Waals surface area contributed by atoms with Crippen molar-refractivity contribution < 1.29 is 9.53 Å². The predicted octanol–water partition coefficient (Wildman–Crippen LogP) is 3.17. The Morgan fingerprint density at radius 3 is 2.91 bits per heavy atom. The number of halogens is 1. The van der Waals surface area contributed by atoms with Crippen molar-refractivity contribution in [3.05, 3.63) is 74.6 Å². The van der Waals surface area contributed by atoms with Gasteiger partial charge in [-0.15, -0.1) is 11.3 Å². The van der Waals surface area contributed by atoms with Gasteiger partial charge in [0.1, 0.15) is 6.61 Å². The standard InChI is InChI=1S/C16H11ClN2O3S/c17-12-4-1-11(2-5-12)3-6-15(21)22-10-13-9-14(20)19-7-8-23-16(19)18-13/h1-9H,10H2. The zero-order valence-electron chi connectivity index (χ0n) is 11.8. The van der Waals surface area contributed by atoms with Gasteiger partial charge in [0.25, 0.3) is 5.56 Å². The minimum atomic E-state index is -0.506. The first-order valence-corrected chi connectivity index (χ1v) is 7.94. The number of hydrogen-bond donors (Lipinski definition) is 0. The monoisotopic (exact) mass is 346 g/mol. The maximum atomic E-state index is 11.8. The zero-order chi connectivity index (χ0) is 16.2. The second-order valence-corrected chi connectivity index (χ2v) is 5.94. The quantitative estimate of drug-likeness (QED) is 0.538. The van der Waals surface area contributed by atoms with Crippen molar-refractivity contribution in [3.8, 4) is 0 Å². The molecule has 0 spiro atoms. The van der Waals surface area contributed by atoms with Crippen molar-refractivity contribution in [1.29, 1.82) is 0 Å². The highest BCUT2D eigenvalue weighted by molar-refractivity contribution is 7.15. The number of nitrogens with zero attached hydrogens (tertiary/aromatic N) is 2. The summed E-state index contributed by atoms with van der Waals surface area (Å²) in [4.78, 5) is 28.4. The van der Waals surface area contributed by atoms with Crippen LogP contribution < -0.4 is 5.56 Å². The van der Waals surface area contributed by atoms with Gasteiger partial charge in [0.15, 0.2) is 4.96 Å². The number of benzene rings is 1. The maximum absolute atomic E-state index is 11.8. The van der Waals surface area contributed by atoms with Crippen molar-refractivity contribution in [3.63, 3.8) is 0 Å². The number of esters is 1. The number of fused-ring (bicyclic) bond motifs is 1. The van der Waals surface area contributed by atoms with Gasteiger partial charge in [0.2, 0.25) is 0 Å². The first-order chi connectivity index (χ1) is 11.1. The summed E-state index contributed by atoms with van der Waals surface area (Å²) in [6, 6.07) is 8.41. The molecule has 23 heavy (non-hydrogen) atoms. The molecule has 0 aliphatic carbocycles. The van der Waals surface area contributed by atoms with Gasteiger partial charge >= 0.3 is 5.97 Å². The van der Waals surface area contributed by atoms with Gasteiger partial charge in [-0.05, 0) is 23.8 Å². The molecule has 2 aromatic heterocycles. The van der Waals surface area contributed by atoms with Crippen molar-refractivity contribution in [2.24, 2.45) is 0 Å². The van der Waals surface area contributed by atoms with Crippen LogP contribution in [0.1, 0.15) is 11.3 Å². The minimum absolute atomic E-state index is 0.0482. The van der Waals surface area contributed by atoms with Crippen LogP contribution in [0.5, 0.6) is 0 Å². The Hall–Kier alpha value is -2.44. The lowest BCUT2D eigenvalue weighted by molar-refractivity contribution is -0.139. The normalized spacial score (nSPS) is 11.2. The molecule has 7 heteroatoms. The molecule has 2 heterocycles. The van der Waals surface area contributed by atoms with Gasteiger partial charge in [-0.25, -0.2) is 9.78 Å². The van der Waals surface area contributed by atoms with E-state index in [1.54, 1.807) is 41.9 Å². The van der Waals surface area contributed by atoms with Crippen LogP contribution in [0.15, 0.2) is 52.8 Å². The topological polar surface area (TPSA) is 60.7 Å². The van der Waals surface area contributed by atoms with Crippen molar-refractivity contribution in [2.75, 3.05) is 0 Å². The maximum Gasteiger partial charge on any atom is 0.331 e. The molecule has 0 unspecified atom stereocenters.